The van der Waals surface area contributed by atoms with Crippen molar-refractivity contribution in [3.05, 3.63) is 59.5 Å². The topological polar surface area (TPSA) is 53.1 Å². The quantitative estimate of drug-likeness (QED) is 0.650. The number of anilines is 1. The van der Waals surface area contributed by atoms with Crippen LogP contribution in [0.15, 0.2) is 53.9 Å². The number of para-hydroxylation sites is 2. The van der Waals surface area contributed by atoms with Gasteiger partial charge < -0.3 is 9.64 Å². The highest BCUT2D eigenvalue weighted by Crippen LogP contribution is 2.31. The van der Waals surface area contributed by atoms with Crippen molar-refractivity contribution in [2.75, 3.05) is 44.2 Å². The van der Waals surface area contributed by atoms with Crippen LogP contribution in [0, 0.1) is 0 Å². The van der Waals surface area contributed by atoms with Crippen molar-refractivity contribution in [1.29, 1.82) is 0 Å². The Balaban J connectivity index is 1.20. The Kier molecular flexibility index (Phi) is 5.14. The number of hydrogen-bond acceptors (Lipinski definition) is 5. The molecule has 1 fully saturated rings. The summed E-state index contributed by atoms with van der Waals surface area (Å²) in [5.74, 6) is 0.461. The molecule has 0 aliphatic carbocycles. The number of amides is 2. The van der Waals surface area contributed by atoms with Crippen molar-refractivity contribution in [2.24, 2.45) is 0 Å². The first-order valence-corrected chi connectivity index (χ1v) is 11.0. The van der Waals surface area contributed by atoms with E-state index < -0.39 is 0 Å². The van der Waals surface area contributed by atoms with E-state index in [1.165, 1.54) is 15.6 Å². The Morgan fingerprint density at radius 2 is 1.77 bits per heavy atom. The Labute approximate surface area is 179 Å². The zero-order valence-electron chi connectivity index (χ0n) is 16.6. The lowest BCUT2D eigenvalue weighted by Gasteiger charge is -2.36. The van der Waals surface area contributed by atoms with Crippen LogP contribution < -0.4 is 9.64 Å². The van der Waals surface area contributed by atoms with E-state index >= 15 is 0 Å². The van der Waals surface area contributed by atoms with Crippen LogP contribution in [0.3, 0.4) is 0 Å². The minimum Gasteiger partial charge on any atom is -0.482 e. The van der Waals surface area contributed by atoms with Gasteiger partial charge in [0.25, 0.3) is 5.91 Å². The van der Waals surface area contributed by atoms with Crippen LogP contribution in [0.25, 0.3) is 10.1 Å². The third-order valence-electron chi connectivity index (χ3n) is 5.78. The summed E-state index contributed by atoms with van der Waals surface area (Å²) in [5, 5.41) is 3.56. The van der Waals surface area contributed by atoms with Crippen molar-refractivity contribution in [2.45, 2.75) is 6.54 Å². The van der Waals surface area contributed by atoms with Gasteiger partial charge in [0.15, 0.2) is 6.61 Å². The predicted octanol–water partition coefficient (Wildman–Crippen LogP) is 2.97. The molecule has 2 aliphatic rings. The maximum atomic E-state index is 12.9. The minimum atomic E-state index is -0.176. The molecule has 0 radical (unpaired) electrons. The van der Waals surface area contributed by atoms with Gasteiger partial charge in [0, 0.05) is 37.4 Å². The van der Waals surface area contributed by atoms with Crippen LogP contribution in [0.5, 0.6) is 5.75 Å². The lowest BCUT2D eigenvalue weighted by atomic mass is 10.1. The van der Waals surface area contributed by atoms with Crippen LogP contribution >= 0.6 is 11.3 Å². The van der Waals surface area contributed by atoms with Crippen LogP contribution in [0.1, 0.15) is 5.56 Å². The molecule has 7 heteroatoms. The second kappa shape index (κ2) is 8.08. The van der Waals surface area contributed by atoms with Gasteiger partial charge in [0.2, 0.25) is 5.91 Å². The molecule has 30 heavy (non-hydrogen) atoms. The summed E-state index contributed by atoms with van der Waals surface area (Å²) in [6, 6.07) is 15.9. The minimum absolute atomic E-state index is 0.0133. The van der Waals surface area contributed by atoms with Gasteiger partial charge in [0.1, 0.15) is 12.3 Å². The largest absolute Gasteiger partial charge is 0.482 e. The molecule has 154 valence electrons. The number of rotatable bonds is 4. The molecule has 6 nitrogen and oxygen atoms in total. The van der Waals surface area contributed by atoms with E-state index in [-0.39, 0.29) is 25.0 Å². The van der Waals surface area contributed by atoms with E-state index in [1.54, 1.807) is 16.2 Å². The summed E-state index contributed by atoms with van der Waals surface area (Å²) in [6.45, 7) is 3.98. The van der Waals surface area contributed by atoms with Crippen LogP contribution in [0.4, 0.5) is 5.69 Å². The van der Waals surface area contributed by atoms with Gasteiger partial charge in [-0.25, -0.2) is 0 Å². The molecule has 3 aromatic rings. The van der Waals surface area contributed by atoms with E-state index in [9.17, 15) is 9.59 Å². The van der Waals surface area contributed by atoms with E-state index in [2.05, 4.69) is 34.5 Å². The molecule has 1 saturated heterocycles. The van der Waals surface area contributed by atoms with Crippen molar-refractivity contribution in [3.8, 4) is 5.75 Å². The van der Waals surface area contributed by atoms with Crippen LogP contribution in [-0.2, 0) is 16.1 Å². The standard InChI is InChI=1S/C23H23N3O3S/c27-22(14-26-19-6-2-3-7-20(19)29-15-23(26)28)25-11-9-24(10-12-25)13-17-16-30-21-8-4-1-5-18(17)21/h1-8,16H,9-15H2. The smallest absolute Gasteiger partial charge is 0.265 e. The van der Waals surface area contributed by atoms with Crippen molar-refractivity contribution >= 4 is 38.9 Å². The second-order valence-corrected chi connectivity index (χ2v) is 8.56. The zero-order valence-corrected chi connectivity index (χ0v) is 17.4. The monoisotopic (exact) mass is 421 g/mol. The number of nitrogens with zero attached hydrogens (tertiary/aromatic N) is 3. The summed E-state index contributed by atoms with van der Waals surface area (Å²) in [7, 11) is 0. The molecular weight excluding hydrogens is 398 g/mol. The predicted molar refractivity (Wildman–Crippen MR) is 118 cm³/mol. The lowest BCUT2D eigenvalue weighted by molar-refractivity contribution is -0.133. The van der Waals surface area contributed by atoms with Gasteiger partial charge in [-0.2, -0.15) is 0 Å². The van der Waals surface area contributed by atoms with Gasteiger partial charge in [-0.3, -0.25) is 19.4 Å². The molecule has 5 rings (SSSR count). The molecule has 2 amide bonds. The third-order valence-corrected chi connectivity index (χ3v) is 6.79. The maximum absolute atomic E-state index is 12.9. The average molecular weight is 422 g/mol. The van der Waals surface area contributed by atoms with Crippen molar-refractivity contribution in [3.63, 3.8) is 0 Å². The summed E-state index contributed by atoms with van der Waals surface area (Å²) in [6.07, 6.45) is 0. The Hall–Kier alpha value is -2.90. The molecular formula is C23H23N3O3S. The first-order valence-electron chi connectivity index (χ1n) is 10.2. The number of fused-ring (bicyclic) bond motifs is 2. The molecule has 2 aromatic carbocycles. The molecule has 0 bridgehead atoms. The molecule has 2 aliphatic heterocycles. The highest BCUT2D eigenvalue weighted by Gasteiger charge is 2.30. The maximum Gasteiger partial charge on any atom is 0.265 e. The Bertz CT molecular complexity index is 1090. The lowest BCUT2D eigenvalue weighted by Crippen LogP contribution is -2.52. The van der Waals surface area contributed by atoms with E-state index in [0.717, 1.165) is 19.6 Å². The van der Waals surface area contributed by atoms with Crippen LogP contribution in [-0.4, -0.2) is 60.9 Å². The number of carbonyl (C=O) groups excluding carboxylic acids is 2. The molecule has 0 atom stereocenters. The molecule has 0 unspecified atom stereocenters. The molecule has 0 saturated carbocycles. The summed E-state index contributed by atoms with van der Waals surface area (Å²) in [5.41, 5.74) is 2.02. The molecule has 3 heterocycles. The fourth-order valence-corrected chi connectivity index (χ4v) is 5.07. The zero-order chi connectivity index (χ0) is 20.5. The number of thiophene rings is 1. The number of hydrogen-bond donors (Lipinski definition) is 0. The van der Waals surface area contributed by atoms with E-state index in [0.29, 0.717) is 24.5 Å². The van der Waals surface area contributed by atoms with Gasteiger partial charge in [0.05, 0.1) is 5.69 Å². The third kappa shape index (κ3) is 3.66. The highest BCUT2D eigenvalue weighted by molar-refractivity contribution is 7.17. The first kappa shape index (κ1) is 19.1. The fourth-order valence-electron chi connectivity index (χ4n) is 4.11. The normalized spacial score (nSPS) is 17.1. The van der Waals surface area contributed by atoms with Crippen molar-refractivity contribution < 1.29 is 14.3 Å². The fraction of sp³-hybridized carbons (Fsp3) is 0.304. The first-order chi connectivity index (χ1) is 14.7. The van der Waals surface area contributed by atoms with E-state index in [1.807, 2.05) is 29.2 Å². The number of piperazine rings is 1. The van der Waals surface area contributed by atoms with E-state index in [4.69, 9.17) is 4.74 Å². The molecule has 1 aromatic heterocycles. The highest BCUT2D eigenvalue weighted by atomic mass is 32.1. The van der Waals surface area contributed by atoms with Gasteiger partial charge in [-0.05, 0) is 34.5 Å². The van der Waals surface area contributed by atoms with Gasteiger partial charge >= 0.3 is 0 Å². The van der Waals surface area contributed by atoms with Gasteiger partial charge in [-0.15, -0.1) is 11.3 Å². The number of benzene rings is 2. The average Bonchev–Trinajstić information content (AvgIpc) is 3.19. The number of carbonyl (C=O) groups is 2. The Morgan fingerprint density at radius 1 is 1.00 bits per heavy atom. The summed E-state index contributed by atoms with van der Waals surface area (Å²) < 4.78 is 6.78. The van der Waals surface area contributed by atoms with Crippen LogP contribution in [0.2, 0.25) is 0 Å². The Morgan fingerprint density at radius 3 is 2.63 bits per heavy atom. The van der Waals surface area contributed by atoms with Crippen molar-refractivity contribution in [1.82, 2.24) is 9.80 Å². The summed E-state index contributed by atoms with van der Waals surface area (Å²) in [4.78, 5) is 31.0. The summed E-state index contributed by atoms with van der Waals surface area (Å²) >= 11 is 1.78. The number of ether oxygens (including phenoxy) is 1. The SMILES string of the molecule is O=C(CN1C(=O)COc2ccccc21)N1CCN(Cc2csc3ccccc23)CC1. The molecule has 0 N–H and O–H groups in total. The van der Waals surface area contributed by atoms with Gasteiger partial charge in [-0.1, -0.05) is 30.3 Å². The molecule has 0 spiro atoms. The second-order valence-electron chi connectivity index (χ2n) is 7.65.